The van der Waals surface area contributed by atoms with Gasteiger partial charge in [-0.05, 0) is 31.6 Å². The summed E-state index contributed by atoms with van der Waals surface area (Å²) in [5.41, 5.74) is 0. The quantitative estimate of drug-likeness (QED) is 0.603. The molecule has 2 fully saturated rings. The van der Waals surface area contributed by atoms with Crippen LogP contribution in [0.4, 0.5) is 0 Å². The number of rotatable bonds is 0. The number of hydrogen-bond donors (Lipinski definition) is 0. The minimum Gasteiger partial charge on any atom is -0.342 e. The number of carbonyl (C=O) groups excluding carboxylic acids is 1. The second-order valence-corrected chi connectivity index (χ2v) is 4.69. The van der Waals surface area contributed by atoms with E-state index in [4.69, 9.17) is 0 Å². The second kappa shape index (κ2) is 5.53. The van der Waals surface area contributed by atoms with E-state index >= 15 is 0 Å². The molecule has 0 bridgehead atoms. The fraction of sp³-hybridized carbons (Fsp3) is 0.923. The first kappa shape index (κ1) is 12.5. The highest BCUT2D eigenvalue weighted by Gasteiger charge is 2.36. The lowest BCUT2D eigenvalue weighted by molar-refractivity contribution is -0.135. The molecule has 1 aliphatic carbocycles. The van der Waals surface area contributed by atoms with Crippen molar-refractivity contribution < 1.29 is 4.79 Å². The highest BCUT2D eigenvalue weighted by atomic mass is 16.2. The molecule has 2 rings (SSSR count). The van der Waals surface area contributed by atoms with Gasteiger partial charge in [0, 0.05) is 19.0 Å². The molecule has 2 nitrogen and oxygen atoms in total. The van der Waals surface area contributed by atoms with Gasteiger partial charge in [0.25, 0.3) is 0 Å². The summed E-state index contributed by atoms with van der Waals surface area (Å²) in [6.45, 7) is 6.07. The van der Waals surface area contributed by atoms with Crippen molar-refractivity contribution in [1.82, 2.24) is 4.90 Å². The van der Waals surface area contributed by atoms with Crippen LogP contribution >= 0.6 is 0 Å². The van der Waals surface area contributed by atoms with Crippen LogP contribution in [-0.4, -0.2) is 23.9 Å². The molecule has 0 N–H and O–H groups in total. The Labute approximate surface area is 94.0 Å². The van der Waals surface area contributed by atoms with Crippen LogP contribution in [0.1, 0.15) is 52.9 Å². The zero-order chi connectivity index (χ0) is 11.4. The average molecular weight is 211 g/mol. The molecule has 0 radical (unpaired) electrons. The first-order valence-corrected chi connectivity index (χ1v) is 6.47. The summed E-state index contributed by atoms with van der Waals surface area (Å²) in [4.78, 5) is 13.8. The minimum absolute atomic E-state index is 0.260. The van der Waals surface area contributed by atoms with Gasteiger partial charge in [0.1, 0.15) is 0 Å². The molecule has 1 saturated heterocycles. The van der Waals surface area contributed by atoms with Gasteiger partial charge in [-0.3, -0.25) is 4.79 Å². The molecular weight excluding hydrogens is 186 g/mol. The predicted molar refractivity (Wildman–Crippen MR) is 63.6 cm³/mol. The monoisotopic (exact) mass is 211 g/mol. The molecule has 1 heterocycles. The molecule has 1 aliphatic heterocycles. The zero-order valence-corrected chi connectivity index (χ0v) is 10.6. The van der Waals surface area contributed by atoms with Crippen molar-refractivity contribution in [3.63, 3.8) is 0 Å². The summed E-state index contributed by atoms with van der Waals surface area (Å²) in [6, 6.07) is 0.567. The lowest BCUT2D eigenvalue weighted by Gasteiger charge is -2.27. The molecule has 2 aliphatic rings. The van der Waals surface area contributed by atoms with Crippen LogP contribution < -0.4 is 0 Å². The van der Waals surface area contributed by atoms with Gasteiger partial charge in [-0.15, -0.1) is 0 Å². The first-order valence-electron chi connectivity index (χ1n) is 6.47. The summed E-state index contributed by atoms with van der Waals surface area (Å²) >= 11 is 0. The van der Waals surface area contributed by atoms with Gasteiger partial charge in [0.05, 0.1) is 0 Å². The van der Waals surface area contributed by atoms with E-state index in [1.807, 2.05) is 25.8 Å². The van der Waals surface area contributed by atoms with Gasteiger partial charge in [-0.2, -0.15) is 0 Å². The molecule has 0 aromatic carbocycles. The molecule has 88 valence electrons. The van der Waals surface area contributed by atoms with E-state index in [9.17, 15) is 4.79 Å². The van der Waals surface area contributed by atoms with Crippen molar-refractivity contribution in [3.05, 3.63) is 0 Å². The molecule has 0 spiro atoms. The molecule has 15 heavy (non-hydrogen) atoms. The standard InChI is InChI=1S/C11H19NO.C2H6/c1-8-6-7-9-4-3-5-10(9)12(2)11(8)13;1-2/h8-10H,3-7H2,1-2H3;1-2H3. The normalized spacial score (nSPS) is 35.3. The molecule has 1 saturated carbocycles. The third-order valence-corrected chi connectivity index (χ3v) is 3.86. The van der Waals surface area contributed by atoms with E-state index < -0.39 is 0 Å². The Kier molecular flexibility index (Phi) is 4.62. The Morgan fingerprint density at radius 3 is 2.47 bits per heavy atom. The first-order chi connectivity index (χ1) is 7.20. The van der Waals surface area contributed by atoms with Crippen LogP contribution in [0.5, 0.6) is 0 Å². The SMILES string of the molecule is CC.CC1CCC2CCCC2N(C)C1=O. The maximum atomic E-state index is 11.8. The van der Waals surface area contributed by atoms with Gasteiger partial charge in [0.2, 0.25) is 5.91 Å². The average Bonchev–Trinajstić information content (AvgIpc) is 2.71. The maximum Gasteiger partial charge on any atom is 0.225 e. The van der Waals surface area contributed by atoms with E-state index in [1.54, 1.807) is 0 Å². The van der Waals surface area contributed by atoms with Crippen molar-refractivity contribution in [2.75, 3.05) is 7.05 Å². The number of likely N-dealkylation sites (tertiary alicyclic amines) is 1. The highest BCUT2D eigenvalue weighted by molar-refractivity contribution is 5.78. The molecule has 2 heteroatoms. The van der Waals surface area contributed by atoms with Crippen LogP contribution in [0.25, 0.3) is 0 Å². The van der Waals surface area contributed by atoms with Gasteiger partial charge in [0.15, 0.2) is 0 Å². The summed E-state index contributed by atoms with van der Waals surface area (Å²) < 4.78 is 0. The smallest absolute Gasteiger partial charge is 0.225 e. The van der Waals surface area contributed by atoms with Gasteiger partial charge in [-0.1, -0.05) is 27.2 Å². The molecular formula is C13H25NO. The Bertz CT molecular complexity index is 215. The van der Waals surface area contributed by atoms with E-state index in [1.165, 1.54) is 25.7 Å². The Morgan fingerprint density at radius 1 is 1.13 bits per heavy atom. The maximum absolute atomic E-state index is 11.8. The molecule has 0 aromatic heterocycles. The third-order valence-electron chi connectivity index (χ3n) is 3.86. The topological polar surface area (TPSA) is 20.3 Å². The fourth-order valence-electron chi connectivity index (χ4n) is 2.96. The van der Waals surface area contributed by atoms with Crippen LogP contribution in [0.3, 0.4) is 0 Å². The van der Waals surface area contributed by atoms with Crippen LogP contribution in [0.2, 0.25) is 0 Å². The fourth-order valence-corrected chi connectivity index (χ4v) is 2.96. The lowest BCUT2D eigenvalue weighted by Crippen LogP contribution is -2.39. The molecule has 3 atom stereocenters. The van der Waals surface area contributed by atoms with Gasteiger partial charge in [-0.25, -0.2) is 0 Å². The number of fused-ring (bicyclic) bond motifs is 1. The largest absolute Gasteiger partial charge is 0.342 e. The van der Waals surface area contributed by atoms with Crippen LogP contribution in [0, 0.1) is 11.8 Å². The molecule has 0 aromatic rings. The summed E-state index contributed by atoms with van der Waals surface area (Å²) in [5, 5.41) is 0. The van der Waals surface area contributed by atoms with E-state index in [2.05, 4.69) is 6.92 Å². The Morgan fingerprint density at radius 2 is 1.80 bits per heavy atom. The number of hydrogen-bond acceptors (Lipinski definition) is 1. The predicted octanol–water partition coefficient (Wildman–Crippen LogP) is 3.07. The lowest BCUT2D eigenvalue weighted by atomic mass is 9.96. The Hall–Kier alpha value is -0.530. The van der Waals surface area contributed by atoms with Crippen LogP contribution in [-0.2, 0) is 4.79 Å². The zero-order valence-electron chi connectivity index (χ0n) is 10.6. The van der Waals surface area contributed by atoms with Crippen molar-refractivity contribution >= 4 is 5.91 Å². The molecule has 3 unspecified atom stereocenters. The second-order valence-electron chi connectivity index (χ2n) is 4.69. The minimum atomic E-state index is 0.260. The van der Waals surface area contributed by atoms with E-state index in [-0.39, 0.29) is 5.92 Å². The summed E-state index contributed by atoms with van der Waals surface area (Å²) in [7, 11) is 1.99. The van der Waals surface area contributed by atoms with Crippen LogP contribution in [0.15, 0.2) is 0 Å². The van der Waals surface area contributed by atoms with E-state index in [0.717, 1.165) is 12.3 Å². The molecule has 1 amide bonds. The van der Waals surface area contributed by atoms with Crippen molar-refractivity contribution in [2.24, 2.45) is 11.8 Å². The summed E-state index contributed by atoms with van der Waals surface area (Å²) in [5.74, 6) is 1.43. The Balaban J connectivity index is 0.000000531. The van der Waals surface area contributed by atoms with Gasteiger partial charge >= 0.3 is 0 Å². The number of carbonyl (C=O) groups is 1. The third kappa shape index (κ3) is 2.53. The van der Waals surface area contributed by atoms with Crippen molar-refractivity contribution in [1.29, 1.82) is 0 Å². The van der Waals surface area contributed by atoms with Gasteiger partial charge < -0.3 is 4.90 Å². The van der Waals surface area contributed by atoms with E-state index in [0.29, 0.717) is 11.9 Å². The highest BCUT2D eigenvalue weighted by Crippen LogP contribution is 2.36. The van der Waals surface area contributed by atoms with Crippen molar-refractivity contribution in [2.45, 2.75) is 58.9 Å². The number of amides is 1. The number of nitrogens with zero attached hydrogens (tertiary/aromatic N) is 1. The summed E-state index contributed by atoms with van der Waals surface area (Å²) in [6.07, 6.45) is 6.27. The van der Waals surface area contributed by atoms with Crippen molar-refractivity contribution in [3.8, 4) is 0 Å².